The van der Waals surface area contributed by atoms with Crippen molar-refractivity contribution in [3.63, 3.8) is 0 Å². The Morgan fingerprint density at radius 3 is 2.43 bits per heavy atom. The first-order valence-corrected chi connectivity index (χ1v) is 13.9. The second kappa shape index (κ2) is 14.3. The molecule has 35 heavy (non-hydrogen) atoms. The minimum atomic E-state index is 0.0725. The molecular formula is C29H42ClN3O2. The second-order valence-electron chi connectivity index (χ2n) is 9.80. The molecule has 1 aromatic heterocycles. The molecule has 5 nitrogen and oxygen atoms in total. The van der Waals surface area contributed by atoms with E-state index in [2.05, 4.69) is 35.6 Å². The second-order valence-corrected chi connectivity index (χ2v) is 10.2. The van der Waals surface area contributed by atoms with Gasteiger partial charge in [-0.15, -0.1) is 0 Å². The summed E-state index contributed by atoms with van der Waals surface area (Å²) in [6, 6.07) is 12.3. The van der Waals surface area contributed by atoms with Gasteiger partial charge in [-0.3, -0.25) is 9.59 Å². The molecule has 0 spiro atoms. The van der Waals surface area contributed by atoms with Crippen LogP contribution in [0.5, 0.6) is 0 Å². The number of rotatable bonds is 13. The summed E-state index contributed by atoms with van der Waals surface area (Å²) >= 11 is 6.42. The molecule has 0 atom stereocenters. The first-order chi connectivity index (χ1) is 17.0. The molecule has 3 rings (SSSR count). The SMILES string of the molecule is CCCCC(=O)N(CCCC)CC(=O)N(Cc1cccn1Cc1ccccc1Cl)C1CCCCC1. The summed E-state index contributed by atoms with van der Waals surface area (Å²) in [6.07, 6.45) is 12.0. The third-order valence-corrected chi connectivity index (χ3v) is 7.46. The minimum absolute atomic E-state index is 0.0725. The summed E-state index contributed by atoms with van der Waals surface area (Å²) in [7, 11) is 0. The van der Waals surface area contributed by atoms with E-state index >= 15 is 0 Å². The number of amides is 2. The van der Waals surface area contributed by atoms with Crippen LogP contribution in [0.4, 0.5) is 0 Å². The number of unbranched alkanes of at least 4 members (excludes halogenated alkanes) is 2. The molecule has 1 aromatic carbocycles. The topological polar surface area (TPSA) is 45.6 Å². The quantitative estimate of drug-likeness (QED) is 0.309. The molecule has 0 saturated heterocycles. The van der Waals surface area contributed by atoms with Gasteiger partial charge < -0.3 is 14.4 Å². The fourth-order valence-electron chi connectivity index (χ4n) is 4.93. The zero-order valence-corrected chi connectivity index (χ0v) is 22.3. The molecule has 1 aliphatic carbocycles. The summed E-state index contributed by atoms with van der Waals surface area (Å²) in [4.78, 5) is 30.5. The van der Waals surface area contributed by atoms with Gasteiger partial charge in [0, 0.05) is 42.5 Å². The van der Waals surface area contributed by atoms with Crippen LogP contribution in [-0.4, -0.2) is 45.3 Å². The van der Waals surface area contributed by atoms with E-state index in [0.29, 0.717) is 26.1 Å². The molecule has 1 heterocycles. The van der Waals surface area contributed by atoms with Crippen LogP contribution in [0.2, 0.25) is 5.02 Å². The Kier molecular flexibility index (Phi) is 11.2. The highest BCUT2D eigenvalue weighted by atomic mass is 35.5. The van der Waals surface area contributed by atoms with E-state index in [1.807, 2.05) is 30.3 Å². The maximum absolute atomic E-state index is 13.7. The van der Waals surface area contributed by atoms with Gasteiger partial charge in [0.25, 0.3) is 0 Å². The average molecular weight is 500 g/mol. The predicted molar refractivity (Wildman–Crippen MR) is 143 cm³/mol. The van der Waals surface area contributed by atoms with E-state index in [9.17, 15) is 9.59 Å². The molecule has 0 aliphatic heterocycles. The molecule has 2 aromatic rings. The molecule has 1 aliphatic rings. The lowest BCUT2D eigenvalue weighted by atomic mass is 9.94. The van der Waals surface area contributed by atoms with Crippen LogP contribution in [0, 0.1) is 0 Å². The van der Waals surface area contributed by atoms with Gasteiger partial charge in [0.05, 0.1) is 13.1 Å². The lowest BCUT2D eigenvalue weighted by Crippen LogP contribution is -2.47. The first kappa shape index (κ1) is 27.3. The van der Waals surface area contributed by atoms with E-state index in [4.69, 9.17) is 11.6 Å². The summed E-state index contributed by atoms with van der Waals surface area (Å²) in [5.74, 6) is 0.183. The predicted octanol–water partition coefficient (Wildman–Crippen LogP) is 6.67. The first-order valence-electron chi connectivity index (χ1n) is 13.5. The van der Waals surface area contributed by atoms with Crippen molar-refractivity contribution in [2.45, 2.75) is 97.2 Å². The number of nitrogens with zero attached hydrogens (tertiary/aromatic N) is 3. The van der Waals surface area contributed by atoms with Gasteiger partial charge in [0.1, 0.15) is 0 Å². The van der Waals surface area contributed by atoms with Crippen molar-refractivity contribution in [3.05, 3.63) is 58.9 Å². The summed E-state index contributed by atoms with van der Waals surface area (Å²) in [6.45, 7) is 6.30. The summed E-state index contributed by atoms with van der Waals surface area (Å²) < 4.78 is 2.19. The number of benzene rings is 1. The standard InChI is InChI=1S/C29H42ClN3O2/c1-3-5-18-28(34)32(19-6-4-2)23-29(35)33(25-14-8-7-9-15-25)22-26-16-12-20-31(26)21-24-13-10-11-17-27(24)30/h10-13,16-17,20,25H,3-9,14-15,18-19,21-23H2,1-2H3. The van der Waals surface area contributed by atoms with Crippen LogP contribution in [-0.2, 0) is 22.7 Å². The van der Waals surface area contributed by atoms with Crippen LogP contribution in [0.15, 0.2) is 42.6 Å². The van der Waals surface area contributed by atoms with Gasteiger partial charge in [-0.2, -0.15) is 0 Å². The largest absolute Gasteiger partial charge is 0.345 e. The maximum atomic E-state index is 13.7. The van der Waals surface area contributed by atoms with Gasteiger partial charge in [-0.25, -0.2) is 0 Å². The normalized spacial score (nSPS) is 14.1. The van der Waals surface area contributed by atoms with Gasteiger partial charge in [-0.1, -0.05) is 75.8 Å². The van der Waals surface area contributed by atoms with Crippen LogP contribution in [0.3, 0.4) is 0 Å². The third-order valence-electron chi connectivity index (χ3n) is 7.09. The Morgan fingerprint density at radius 2 is 1.71 bits per heavy atom. The van der Waals surface area contributed by atoms with Crippen LogP contribution in [0.1, 0.15) is 89.3 Å². The number of hydrogen-bond donors (Lipinski definition) is 0. The van der Waals surface area contributed by atoms with E-state index in [1.165, 1.54) is 6.42 Å². The molecule has 0 unspecified atom stereocenters. The lowest BCUT2D eigenvalue weighted by molar-refractivity contribution is -0.143. The summed E-state index contributed by atoms with van der Waals surface area (Å²) in [5, 5.41) is 0.754. The van der Waals surface area contributed by atoms with Crippen molar-refractivity contribution in [1.82, 2.24) is 14.4 Å². The monoisotopic (exact) mass is 499 g/mol. The van der Waals surface area contributed by atoms with E-state index in [0.717, 1.165) is 67.6 Å². The molecule has 0 N–H and O–H groups in total. The molecule has 1 saturated carbocycles. The highest BCUT2D eigenvalue weighted by molar-refractivity contribution is 6.31. The highest BCUT2D eigenvalue weighted by Crippen LogP contribution is 2.25. The molecule has 1 fully saturated rings. The smallest absolute Gasteiger partial charge is 0.242 e. The Morgan fingerprint density at radius 1 is 0.971 bits per heavy atom. The van der Waals surface area contributed by atoms with Crippen molar-refractivity contribution in [3.8, 4) is 0 Å². The van der Waals surface area contributed by atoms with Gasteiger partial charge in [0.15, 0.2) is 0 Å². The van der Waals surface area contributed by atoms with Crippen molar-refractivity contribution >= 4 is 23.4 Å². The van der Waals surface area contributed by atoms with Crippen LogP contribution >= 0.6 is 11.6 Å². The number of carbonyl (C=O) groups excluding carboxylic acids is 2. The van der Waals surface area contributed by atoms with Crippen molar-refractivity contribution < 1.29 is 9.59 Å². The van der Waals surface area contributed by atoms with Crippen LogP contribution < -0.4 is 0 Å². The molecule has 0 bridgehead atoms. The number of halogens is 1. The average Bonchev–Trinajstić information content (AvgIpc) is 3.31. The zero-order valence-electron chi connectivity index (χ0n) is 21.6. The molecule has 6 heteroatoms. The Labute approximate surface area is 216 Å². The molecule has 192 valence electrons. The number of aromatic nitrogens is 1. The van der Waals surface area contributed by atoms with E-state index < -0.39 is 0 Å². The van der Waals surface area contributed by atoms with Gasteiger partial charge in [-0.05, 0) is 49.4 Å². The highest BCUT2D eigenvalue weighted by Gasteiger charge is 2.28. The molecular weight excluding hydrogens is 458 g/mol. The van der Waals surface area contributed by atoms with E-state index in [1.54, 1.807) is 4.90 Å². The molecule has 0 radical (unpaired) electrons. The van der Waals surface area contributed by atoms with Crippen molar-refractivity contribution in [2.24, 2.45) is 0 Å². The maximum Gasteiger partial charge on any atom is 0.242 e. The van der Waals surface area contributed by atoms with Gasteiger partial charge in [0.2, 0.25) is 11.8 Å². The number of carbonyl (C=O) groups is 2. The fraction of sp³-hybridized carbons (Fsp3) is 0.586. The summed E-state index contributed by atoms with van der Waals surface area (Å²) in [5.41, 5.74) is 2.16. The van der Waals surface area contributed by atoms with Gasteiger partial charge >= 0.3 is 0 Å². The van der Waals surface area contributed by atoms with Crippen LogP contribution in [0.25, 0.3) is 0 Å². The number of hydrogen-bond acceptors (Lipinski definition) is 2. The zero-order chi connectivity index (χ0) is 25.0. The van der Waals surface area contributed by atoms with Crippen molar-refractivity contribution in [2.75, 3.05) is 13.1 Å². The Hall–Kier alpha value is -2.27. The minimum Gasteiger partial charge on any atom is -0.345 e. The lowest BCUT2D eigenvalue weighted by Gasteiger charge is -2.36. The Bertz CT molecular complexity index is 936. The van der Waals surface area contributed by atoms with E-state index in [-0.39, 0.29) is 24.4 Å². The Balaban J connectivity index is 1.78. The fourth-order valence-corrected chi connectivity index (χ4v) is 5.12. The van der Waals surface area contributed by atoms with Crippen molar-refractivity contribution in [1.29, 1.82) is 0 Å². The third kappa shape index (κ3) is 8.13. The molecule has 2 amide bonds.